The molecule has 20 heavy (non-hydrogen) atoms. The van der Waals surface area contributed by atoms with Crippen molar-refractivity contribution in [3.05, 3.63) is 58.5 Å². The first kappa shape index (κ1) is 14.6. The highest BCUT2D eigenvalue weighted by Gasteiger charge is 2.17. The van der Waals surface area contributed by atoms with E-state index in [0.29, 0.717) is 29.4 Å². The molecule has 0 bridgehead atoms. The summed E-state index contributed by atoms with van der Waals surface area (Å²) >= 11 is 6.13. The van der Waals surface area contributed by atoms with Crippen LogP contribution in [0.1, 0.15) is 28.6 Å². The second-order valence-corrected chi connectivity index (χ2v) is 4.82. The second-order valence-electron chi connectivity index (χ2n) is 4.42. The summed E-state index contributed by atoms with van der Waals surface area (Å²) in [6.07, 6.45) is 1.44. The summed E-state index contributed by atoms with van der Waals surface area (Å²) in [6.45, 7) is 3.27. The summed E-state index contributed by atoms with van der Waals surface area (Å²) in [6, 6.07) is 9.19. The van der Waals surface area contributed by atoms with Crippen LogP contribution in [0.4, 0.5) is 0 Å². The maximum Gasteiger partial charge on any atom is 0.257 e. The molecule has 2 rings (SSSR count). The average molecular weight is 293 g/mol. The van der Waals surface area contributed by atoms with Crippen LogP contribution in [0.15, 0.2) is 41.0 Å². The van der Waals surface area contributed by atoms with Gasteiger partial charge in [-0.2, -0.15) is 0 Å². The summed E-state index contributed by atoms with van der Waals surface area (Å²) in [5.41, 5.74) is 6.92. The Morgan fingerprint density at radius 2 is 2.15 bits per heavy atom. The molecule has 0 fully saturated rings. The number of halogens is 1. The average Bonchev–Trinajstić information content (AvgIpc) is 2.94. The fourth-order valence-electron chi connectivity index (χ4n) is 1.94. The van der Waals surface area contributed by atoms with E-state index >= 15 is 0 Å². The summed E-state index contributed by atoms with van der Waals surface area (Å²) < 4.78 is 5.20. The number of nitrogens with zero attached hydrogens (tertiary/aromatic N) is 1. The largest absolute Gasteiger partial charge is 0.467 e. The predicted molar refractivity (Wildman–Crippen MR) is 78.5 cm³/mol. The Hall–Kier alpha value is -1.78. The number of carbonyl (C=O) groups is 1. The van der Waals surface area contributed by atoms with Crippen molar-refractivity contribution in [2.24, 2.45) is 5.73 Å². The molecule has 0 unspecified atom stereocenters. The first-order valence-corrected chi connectivity index (χ1v) is 6.83. The highest BCUT2D eigenvalue weighted by molar-refractivity contribution is 6.31. The summed E-state index contributed by atoms with van der Waals surface area (Å²) in [5.74, 6) is 0.512. The molecule has 4 nitrogen and oxygen atoms in total. The van der Waals surface area contributed by atoms with E-state index in [1.807, 2.05) is 31.2 Å². The van der Waals surface area contributed by atoms with Crippen molar-refractivity contribution in [3.63, 3.8) is 0 Å². The Balaban J connectivity index is 2.15. The molecule has 0 aliphatic carbocycles. The smallest absolute Gasteiger partial charge is 0.257 e. The van der Waals surface area contributed by atoms with Gasteiger partial charge >= 0.3 is 0 Å². The van der Waals surface area contributed by atoms with Crippen LogP contribution >= 0.6 is 11.6 Å². The lowest BCUT2D eigenvalue weighted by atomic mass is 10.2. The van der Waals surface area contributed by atoms with E-state index in [9.17, 15) is 4.79 Å². The molecule has 5 heteroatoms. The normalized spacial score (nSPS) is 10.6. The molecule has 0 spiro atoms. The molecular formula is C15H17ClN2O2. The number of hydrogen-bond acceptors (Lipinski definition) is 3. The minimum absolute atomic E-state index is 0.0872. The van der Waals surface area contributed by atoms with Gasteiger partial charge in [-0.05, 0) is 24.6 Å². The maximum absolute atomic E-state index is 12.4. The molecule has 0 atom stereocenters. The molecule has 1 aromatic carbocycles. The van der Waals surface area contributed by atoms with Crippen molar-refractivity contribution < 1.29 is 9.21 Å². The van der Waals surface area contributed by atoms with Crippen molar-refractivity contribution >= 4 is 17.5 Å². The molecule has 0 radical (unpaired) electrons. The topological polar surface area (TPSA) is 59.5 Å². The molecule has 0 saturated heterocycles. The van der Waals surface area contributed by atoms with Crippen LogP contribution in [-0.2, 0) is 13.1 Å². The summed E-state index contributed by atoms with van der Waals surface area (Å²) in [7, 11) is 0. The van der Waals surface area contributed by atoms with Crippen LogP contribution in [0.5, 0.6) is 0 Å². The Kier molecular flexibility index (Phi) is 4.82. The van der Waals surface area contributed by atoms with Gasteiger partial charge in [0.15, 0.2) is 0 Å². The zero-order valence-corrected chi connectivity index (χ0v) is 12.1. The van der Waals surface area contributed by atoms with Crippen LogP contribution in [0.2, 0.25) is 5.02 Å². The van der Waals surface area contributed by atoms with Gasteiger partial charge in [-0.25, -0.2) is 0 Å². The van der Waals surface area contributed by atoms with Crippen molar-refractivity contribution in [1.29, 1.82) is 0 Å². The minimum Gasteiger partial charge on any atom is -0.467 e. The monoisotopic (exact) mass is 292 g/mol. The van der Waals surface area contributed by atoms with Gasteiger partial charge in [0, 0.05) is 18.1 Å². The Morgan fingerprint density at radius 1 is 1.40 bits per heavy atom. The van der Waals surface area contributed by atoms with Gasteiger partial charge < -0.3 is 15.1 Å². The quantitative estimate of drug-likeness (QED) is 0.921. The summed E-state index contributed by atoms with van der Waals surface area (Å²) in [4.78, 5) is 14.1. The third-order valence-corrected chi connectivity index (χ3v) is 3.46. The molecule has 0 saturated carbocycles. The van der Waals surface area contributed by atoms with E-state index in [0.717, 1.165) is 5.56 Å². The second kappa shape index (κ2) is 6.59. The lowest BCUT2D eigenvalue weighted by Crippen LogP contribution is -2.30. The SMILES string of the molecule is CCN(Cc1ccccc1Cl)C(=O)c1coc(CN)c1. The molecular weight excluding hydrogens is 276 g/mol. The van der Waals surface area contributed by atoms with Crippen LogP contribution in [0.25, 0.3) is 0 Å². The van der Waals surface area contributed by atoms with E-state index in [-0.39, 0.29) is 12.5 Å². The zero-order valence-electron chi connectivity index (χ0n) is 11.3. The van der Waals surface area contributed by atoms with E-state index in [4.69, 9.17) is 21.8 Å². The molecule has 106 valence electrons. The zero-order chi connectivity index (χ0) is 14.5. The number of nitrogens with two attached hydrogens (primary N) is 1. The molecule has 2 N–H and O–H groups in total. The number of hydrogen-bond donors (Lipinski definition) is 1. The van der Waals surface area contributed by atoms with Crippen molar-refractivity contribution in [3.8, 4) is 0 Å². The van der Waals surface area contributed by atoms with Gasteiger partial charge in [-0.3, -0.25) is 4.79 Å². The van der Waals surface area contributed by atoms with E-state index in [1.54, 1.807) is 11.0 Å². The number of benzene rings is 1. The molecule has 2 aromatic rings. The maximum atomic E-state index is 12.4. The predicted octanol–water partition coefficient (Wildman–Crippen LogP) is 3.05. The van der Waals surface area contributed by atoms with Gasteiger partial charge in [0.1, 0.15) is 12.0 Å². The van der Waals surface area contributed by atoms with Crippen LogP contribution in [0, 0.1) is 0 Å². The molecule has 1 aromatic heterocycles. The standard InChI is InChI=1S/C15H17ClN2O2/c1-2-18(9-11-5-3-4-6-14(11)16)15(19)12-7-13(8-17)20-10-12/h3-7,10H,2,8-9,17H2,1H3. The first-order valence-electron chi connectivity index (χ1n) is 6.45. The van der Waals surface area contributed by atoms with E-state index < -0.39 is 0 Å². The van der Waals surface area contributed by atoms with Crippen LogP contribution in [0.3, 0.4) is 0 Å². The first-order chi connectivity index (χ1) is 9.65. The molecule has 0 aliphatic rings. The minimum atomic E-state index is -0.0872. The van der Waals surface area contributed by atoms with E-state index in [2.05, 4.69) is 0 Å². The Labute approximate surface area is 123 Å². The molecule has 0 aliphatic heterocycles. The third-order valence-electron chi connectivity index (χ3n) is 3.09. The van der Waals surface area contributed by atoms with Crippen LogP contribution in [-0.4, -0.2) is 17.4 Å². The van der Waals surface area contributed by atoms with Gasteiger partial charge in [-0.1, -0.05) is 29.8 Å². The van der Waals surface area contributed by atoms with Crippen LogP contribution < -0.4 is 5.73 Å². The van der Waals surface area contributed by atoms with Gasteiger partial charge in [0.2, 0.25) is 0 Å². The lowest BCUT2D eigenvalue weighted by molar-refractivity contribution is 0.0752. The molecule has 1 amide bonds. The van der Waals surface area contributed by atoms with Crippen molar-refractivity contribution in [2.45, 2.75) is 20.0 Å². The molecule has 1 heterocycles. The lowest BCUT2D eigenvalue weighted by Gasteiger charge is -2.20. The Bertz CT molecular complexity index is 595. The van der Waals surface area contributed by atoms with Gasteiger partial charge in [0.05, 0.1) is 12.1 Å². The summed E-state index contributed by atoms with van der Waals surface area (Å²) in [5, 5.41) is 0.661. The van der Waals surface area contributed by atoms with Gasteiger partial charge in [-0.15, -0.1) is 0 Å². The number of carbonyl (C=O) groups excluding carboxylic acids is 1. The van der Waals surface area contributed by atoms with Gasteiger partial charge in [0.25, 0.3) is 5.91 Å². The highest BCUT2D eigenvalue weighted by Crippen LogP contribution is 2.19. The fraction of sp³-hybridized carbons (Fsp3) is 0.267. The number of rotatable bonds is 5. The Morgan fingerprint density at radius 3 is 2.75 bits per heavy atom. The number of amides is 1. The highest BCUT2D eigenvalue weighted by atomic mass is 35.5. The van der Waals surface area contributed by atoms with Crippen molar-refractivity contribution in [1.82, 2.24) is 4.90 Å². The van der Waals surface area contributed by atoms with E-state index in [1.165, 1.54) is 6.26 Å². The van der Waals surface area contributed by atoms with Crippen molar-refractivity contribution in [2.75, 3.05) is 6.54 Å². The third kappa shape index (κ3) is 3.21. The fourth-order valence-corrected chi connectivity index (χ4v) is 2.14. The number of furan rings is 1.